The highest BCUT2D eigenvalue weighted by Crippen LogP contribution is 2.64. The van der Waals surface area contributed by atoms with E-state index in [1.165, 1.54) is 38.5 Å². The Morgan fingerprint density at radius 3 is 1.70 bits per heavy atom. The fourth-order valence-corrected chi connectivity index (χ4v) is 8.01. The average Bonchev–Trinajstić information content (AvgIpc) is 2.33. The topological polar surface area (TPSA) is 61.5 Å². The molecule has 0 heterocycles. The van der Waals surface area contributed by atoms with Crippen LogP contribution in [0.4, 0.5) is 0 Å². The van der Waals surface area contributed by atoms with Crippen molar-refractivity contribution in [3.63, 3.8) is 0 Å². The first-order valence-corrected chi connectivity index (χ1v) is 11.0. The molecule has 0 unspecified atom stereocenters. The first-order chi connectivity index (χ1) is 10.7. The van der Waals surface area contributed by atoms with Gasteiger partial charge in [0.2, 0.25) is 0 Å². The van der Waals surface area contributed by atoms with Gasteiger partial charge in [0, 0.05) is 0 Å². The zero-order valence-electron chi connectivity index (χ0n) is 15.2. The van der Waals surface area contributed by atoms with Crippen molar-refractivity contribution in [1.29, 1.82) is 0 Å². The Balaban J connectivity index is 1.73. The lowest BCUT2D eigenvalue weighted by Gasteiger charge is -2.57. The van der Waals surface area contributed by atoms with Gasteiger partial charge >= 0.3 is 7.60 Å². The summed E-state index contributed by atoms with van der Waals surface area (Å²) in [6.07, 6.45) is 8.59. The van der Waals surface area contributed by atoms with Crippen LogP contribution in [0.25, 0.3) is 0 Å². The summed E-state index contributed by atoms with van der Waals surface area (Å²) in [5.74, 6) is 2.14. The third kappa shape index (κ3) is 3.86. The second-order valence-corrected chi connectivity index (χ2v) is 11.2. The maximum absolute atomic E-state index is 13.3. The molecule has 23 heavy (non-hydrogen) atoms. The van der Waals surface area contributed by atoms with Crippen LogP contribution in [0.3, 0.4) is 0 Å². The summed E-state index contributed by atoms with van der Waals surface area (Å²) >= 11 is 0. The Bertz CT molecular complexity index is 428. The molecule has 4 saturated carbocycles. The number of rotatable bonds is 7. The van der Waals surface area contributed by atoms with Crippen molar-refractivity contribution in [3.8, 4) is 0 Å². The molecule has 5 heteroatoms. The molecule has 4 aliphatic carbocycles. The molecular weight excluding hydrogens is 309 g/mol. The molecule has 0 aromatic carbocycles. The second-order valence-electron chi connectivity index (χ2n) is 9.04. The van der Waals surface area contributed by atoms with E-state index in [9.17, 15) is 4.57 Å². The van der Waals surface area contributed by atoms with Gasteiger partial charge < -0.3 is 14.8 Å². The quantitative estimate of drug-likeness (QED) is 0.666. The summed E-state index contributed by atoms with van der Waals surface area (Å²) in [7, 11) is -3.27. The predicted molar refractivity (Wildman–Crippen MR) is 93.2 cm³/mol. The van der Waals surface area contributed by atoms with Crippen LogP contribution >= 0.6 is 7.60 Å². The van der Waals surface area contributed by atoms with Gasteiger partial charge in [0.15, 0.2) is 0 Å². The summed E-state index contributed by atoms with van der Waals surface area (Å²) in [4.78, 5) is 0. The highest BCUT2D eigenvalue weighted by atomic mass is 31.2. The van der Waals surface area contributed by atoms with Gasteiger partial charge in [-0.2, -0.15) is 0 Å². The fraction of sp³-hybridized carbons (Fsp3) is 1.00. The average molecular weight is 343 g/mol. The minimum absolute atomic E-state index is 0.137. The van der Waals surface area contributed by atoms with Gasteiger partial charge in [0.25, 0.3) is 0 Å². The van der Waals surface area contributed by atoms with Crippen LogP contribution in [0, 0.1) is 23.2 Å². The molecule has 1 atom stereocenters. The predicted octanol–water partition coefficient (Wildman–Crippen LogP) is 4.92. The Hall–Kier alpha value is 0.110. The van der Waals surface area contributed by atoms with E-state index < -0.39 is 13.4 Å². The van der Waals surface area contributed by atoms with Crippen LogP contribution in [0.2, 0.25) is 0 Å². The van der Waals surface area contributed by atoms with E-state index in [4.69, 9.17) is 14.8 Å². The van der Waals surface area contributed by atoms with E-state index in [1.54, 1.807) is 0 Å². The highest BCUT2D eigenvalue weighted by Gasteiger charge is 2.53. The first kappa shape index (κ1) is 17.9. The van der Waals surface area contributed by atoms with Crippen molar-refractivity contribution in [1.82, 2.24) is 0 Å². The number of nitrogens with two attached hydrogens (primary N) is 1. The zero-order chi connectivity index (χ0) is 16.8. The summed E-state index contributed by atoms with van der Waals surface area (Å²) in [6, 6.07) is 0. The molecule has 0 aromatic heterocycles. The smallest absolute Gasteiger partial charge is 0.318 e. The normalized spacial score (nSPS) is 37.8. The molecule has 4 fully saturated rings. The zero-order valence-corrected chi connectivity index (χ0v) is 16.1. The number of hydrogen-bond acceptors (Lipinski definition) is 4. The van der Waals surface area contributed by atoms with Gasteiger partial charge in [0.05, 0.1) is 12.2 Å². The maximum atomic E-state index is 13.3. The Kier molecular flexibility index (Phi) is 5.02. The Labute approximate surface area is 141 Å². The molecule has 4 nitrogen and oxygen atoms in total. The van der Waals surface area contributed by atoms with E-state index in [0.29, 0.717) is 5.41 Å². The monoisotopic (exact) mass is 343 g/mol. The van der Waals surface area contributed by atoms with Gasteiger partial charge in [-0.1, -0.05) is 0 Å². The van der Waals surface area contributed by atoms with Crippen molar-refractivity contribution in [2.75, 3.05) is 0 Å². The van der Waals surface area contributed by atoms with Crippen molar-refractivity contribution in [3.05, 3.63) is 0 Å². The van der Waals surface area contributed by atoms with Gasteiger partial charge in [-0.05, 0) is 95.8 Å². The molecule has 2 N–H and O–H groups in total. The van der Waals surface area contributed by atoms with Crippen LogP contribution in [-0.4, -0.2) is 18.0 Å². The fourth-order valence-electron chi connectivity index (χ4n) is 5.86. The lowest BCUT2D eigenvalue weighted by atomic mass is 9.49. The lowest BCUT2D eigenvalue weighted by molar-refractivity contribution is -0.0587. The van der Waals surface area contributed by atoms with E-state index in [1.807, 2.05) is 27.7 Å². The standard InChI is InChI=1S/C18H34NO3P/c1-12(2)21-23(20,22-13(3)4)17(19)11-18-8-14-5-15(9-18)7-16(6-14)10-18/h12-17H,5-11,19H2,1-4H3/t14?,15?,16?,17-,18?/m0/s1. The molecule has 4 rings (SSSR count). The van der Waals surface area contributed by atoms with Crippen LogP contribution in [0.1, 0.15) is 72.6 Å². The van der Waals surface area contributed by atoms with Crippen molar-refractivity contribution >= 4 is 7.60 Å². The molecule has 4 bridgehead atoms. The largest absolute Gasteiger partial charge is 0.347 e. The van der Waals surface area contributed by atoms with E-state index in [-0.39, 0.29) is 12.2 Å². The second kappa shape index (κ2) is 6.44. The minimum Gasteiger partial charge on any atom is -0.318 e. The highest BCUT2D eigenvalue weighted by molar-refractivity contribution is 7.54. The lowest BCUT2D eigenvalue weighted by Crippen LogP contribution is -2.48. The number of hydrogen-bond donors (Lipinski definition) is 1. The van der Waals surface area contributed by atoms with Gasteiger partial charge in [0.1, 0.15) is 5.78 Å². The van der Waals surface area contributed by atoms with Gasteiger partial charge in [-0.3, -0.25) is 4.57 Å². The maximum Gasteiger partial charge on any atom is 0.347 e. The molecule has 0 amide bonds. The van der Waals surface area contributed by atoms with E-state index >= 15 is 0 Å². The minimum atomic E-state index is -3.27. The summed E-state index contributed by atoms with van der Waals surface area (Å²) in [5.41, 5.74) is 6.75. The molecular formula is C18H34NO3P. The molecule has 4 aliphatic rings. The molecule has 0 spiro atoms. The van der Waals surface area contributed by atoms with Crippen LogP contribution in [-0.2, 0) is 13.6 Å². The Morgan fingerprint density at radius 2 is 1.35 bits per heavy atom. The molecule has 0 aromatic rings. The van der Waals surface area contributed by atoms with Crippen LogP contribution in [0.15, 0.2) is 0 Å². The molecule has 0 saturated heterocycles. The Morgan fingerprint density at radius 1 is 0.957 bits per heavy atom. The third-order valence-corrected chi connectivity index (χ3v) is 8.35. The van der Waals surface area contributed by atoms with Crippen molar-refractivity contribution in [2.24, 2.45) is 28.9 Å². The SMILES string of the molecule is CC(C)OP(=O)(OC(C)C)[C@H](N)CC12CC3CC(CC(C3)C1)C2. The van der Waals surface area contributed by atoms with Crippen molar-refractivity contribution < 1.29 is 13.6 Å². The van der Waals surface area contributed by atoms with Gasteiger partial charge in [-0.15, -0.1) is 0 Å². The summed E-state index contributed by atoms with van der Waals surface area (Å²) in [6.45, 7) is 7.59. The summed E-state index contributed by atoms with van der Waals surface area (Å²) in [5, 5.41) is 0. The van der Waals surface area contributed by atoms with Gasteiger partial charge in [-0.25, -0.2) is 0 Å². The van der Waals surface area contributed by atoms with Crippen LogP contribution in [0.5, 0.6) is 0 Å². The van der Waals surface area contributed by atoms with E-state index in [0.717, 1.165) is 24.2 Å². The molecule has 0 radical (unpaired) electrons. The summed E-state index contributed by atoms with van der Waals surface area (Å²) < 4.78 is 24.8. The first-order valence-electron chi connectivity index (χ1n) is 9.42. The van der Waals surface area contributed by atoms with E-state index in [2.05, 4.69) is 0 Å². The molecule has 134 valence electrons. The van der Waals surface area contributed by atoms with Crippen LogP contribution < -0.4 is 5.73 Å². The van der Waals surface area contributed by atoms with Crippen molar-refractivity contribution in [2.45, 2.75) is 90.6 Å². The third-order valence-electron chi connectivity index (χ3n) is 5.93. The molecule has 0 aliphatic heterocycles.